The summed E-state index contributed by atoms with van der Waals surface area (Å²) in [6.07, 6.45) is -0.365. The predicted molar refractivity (Wildman–Crippen MR) is 112 cm³/mol. The highest BCUT2D eigenvalue weighted by Crippen LogP contribution is 2.43. The van der Waals surface area contributed by atoms with Crippen molar-refractivity contribution < 1.29 is 25.8 Å². The van der Waals surface area contributed by atoms with E-state index in [1.54, 1.807) is 36.4 Å². The standard InChI is InChI=1S/C23H22F3NO3S/c1-31(28,29)30-16-21-9-5-8-20(27-21)15-12-17-10-13-18(14-11-17)22(24)23(25,26)19-6-3-2-4-7-19/h2-11,13-14,22H,12,15-16H2,1H3. The van der Waals surface area contributed by atoms with Gasteiger partial charge >= 0.3 is 5.92 Å². The number of hydrogen-bond donors (Lipinski definition) is 0. The topological polar surface area (TPSA) is 56.3 Å². The average molecular weight is 449 g/mol. The summed E-state index contributed by atoms with van der Waals surface area (Å²) in [5.41, 5.74) is 1.62. The number of halogens is 3. The zero-order valence-corrected chi connectivity index (χ0v) is 17.7. The van der Waals surface area contributed by atoms with Crippen molar-refractivity contribution in [3.63, 3.8) is 0 Å². The highest BCUT2D eigenvalue weighted by atomic mass is 32.2. The average Bonchev–Trinajstić information content (AvgIpc) is 2.76. The Morgan fingerprint density at radius 2 is 1.55 bits per heavy atom. The molecule has 3 aromatic rings. The van der Waals surface area contributed by atoms with Gasteiger partial charge in [-0.2, -0.15) is 17.2 Å². The van der Waals surface area contributed by atoms with Gasteiger partial charge in [-0.05, 0) is 36.1 Å². The maximum absolute atomic E-state index is 14.6. The van der Waals surface area contributed by atoms with E-state index in [1.807, 2.05) is 0 Å². The van der Waals surface area contributed by atoms with Crippen LogP contribution < -0.4 is 0 Å². The number of hydrogen-bond acceptors (Lipinski definition) is 4. The summed E-state index contributed by atoms with van der Waals surface area (Å²) in [6.45, 7) is -0.144. The Balaban J connectivity index is 1.62. The van der Waals surface area contributed by atoms with Crippen molar-refractivity contribution in [2.45, 2.75) is 31.5 Å². The summed E-state index contributed by atoms with van der Waals surface area (Å²) in [4.78, 5) is 4.35. The number of pyridine rings is 1. The fourth-order valence-electron chi connectivity index (χ4n) is 3.06. The number of alkyl halides is 3. The first kappa shape index (κ1) is 23.0. The van der Waals surface area contributed by atoms with Gasteiger partial charge in [-0.3, -0.25) is 9.17 Å². The van der Waals surface area contributed by atoms with Crippen LogP contribution in [0, 0.1) is 0 Å². The molecule has 2 aromatic carbocycles. The molecule has 4 nitrogen and oxygen atoms in total. The first-order valence-electron chi connectivity index (χ1n) is 9.60. The molecule has 0 saturated carbocycles. The van der Waals surface area contributed by atoms with E-state index >= 15 is 0 Å². The fraction of sp³-hybridized carbons (Fsp3) is 0.261. The molecule has 0 aliphatic rings. The smallest absolute Gasteiger partial charge is 0.264 e. The minimum atomic E-state index is -3.62. The number of rotatable bonds is 9. The summed E-state index contributed by atoms with van der Waals surface area (Å²) in [5, 5.41) is 0. The third-order valence-corrected chi connectivity index (χ3v) is 5.25. The van der Waals surface area contributed by atoms with Gasteiger partial charge < -0.3 is 0 Å². The fourth-order valence-corrected chi connectivity index (χ4v) is 3.39. The van der Waals surface area contributed by atoms with Crippen molar-refractivity contribution in [2.24, 2.45) is 0 Å². The predicted octanol–water partition coefficient (Wildman–Crippen LogP) is 5.15. The van der Waals surface area contributed by atoms with Crippen LogP contribution in [0.4, 0.5) is 13.2 Å². The highest BCUT2D eigenvalue weighted by molar-refractivity contribution is 7.85. The highest BCUT2D eigenvalue weighted by Gasteiger charge is 2.42. The molecule has 164 valence electrons. The quantitative estimate of drug-likeness (QED) is 0.424. The maximum Gasteiger partial charge on any atom is 0.307 e. The summed E-state index contributed by atoms with van der Waals surface area (Å²) in [5.74, 6) is -3.62. The van der Waals surface area contributed by atoms with Gasteiger partial charge in [0.05, 0.1) is 11.9 Å². The summed E-state index contributed by atoms with van der Waals surface area (Å²) < 4.78 is 70.4. The largest absolute Gasteiger partial charge is 0.307 e. The maximum atomic E-state index is 14.6. The van der Waals surface area contributed by atoms with Crippen LogP contribution in [-0.4, -0.2) is 19.7 Å². The lowest BCUT2D eigenvalue weighted by atomic mass is 9.97. The van der Waals surface area contributed by atoms with E-state index in [2.05, 4.69) is 4.98 Å². The molecule has 3 rings (SSSR count). The van der Waals surface area contributed by atoms with Crippen LogP contribution in [-0.2, 0) is 39.7 Å². The molecule has 0 aliphatic heterocycles. The van der Waals surface area contributed by atoms with Gasteiger partial charge in [-0.25, -0.2) is 4.39 Å². The summed E-state index contributed by atoms with van der Waals surface area (Å²) in [6, 6.07) is 18.2. The van der Waals surface area contributed by atoms with E-state index in [-0.39, 0.29) is 17.7 Å². The first-order valence-corrected chi connectivity index (χ1v) is 11.4. The third kappa shape index (κ3) is 6.38. The molecule has 1 heterocycles. The minimum absolute atomic E-state index is 0.0874. The van der Waals surface area contributed by atoms with Crippen LogP contribution in [0.1, 0.15) is 34.2 Å². The van der Waals surface area contributed by atoms with Crippen molar-refractivity contribution >= 4 is 10.1 Å². The molecular weight excluding hydrogens is 427 g/mol. The van der Waals surface area contributed by atoms with Gasteiger partial charge in [0.25, 0.3) is 10.1 Å². The van der Waals surface area contributed by atoms with E-state index < -0.39 is 22.2 Å². The van der Waals surface area contributed by atoms with Gasteiger partial charge in [0, 0.05) is 11.3 Å². The second-order valence-corrected chi connectivity index (χ2v) is 8.82. The molecule has 0 bridgehead atoms. The number of aryl methyl sites for hydroxylation is 2. The summed E-state index contributed by atoms with van der Waals surface area (Å²) >= 11 is 0. The lowest BCUT2D eigenvalue weighted by Crippen LogP contribution is -2.20. The lowest BCUT2D eigenvalue weighted by Gasteiger charge is -2.21. The van der Waals surface area contributed by atoms with Crippen molar-refractivity contribution in [3.05, 3.63) is 101 Å². The van der Waals surface area contributed by atoms with E-state index in [1.165, 1.54) is 36.4 Å². The van der Waals surface area contributed by atoms with Crippen molar-refractivity contribution in [3.8, 4) is 0 Å². The monoisotopic (exact) mass is 449 g/mol. The molecular formula is C23H22F3NO3S. The Kier molecular flexibility index (Phi) is 7.12. The Morgan fingerprint density at radius 3 is 2.19 bits per heavy atom. The summed E-state index contributed by atoms with van der Waals surface area (Å²) in [7, 11) is -3.55. The van der Waals surface area contributed by atoms with Gasteiger partial charge in [0.1, 0.15) is 6.61 Å². The number of nitrogens with zero attached hydrogens (tertiary/aromatic N) is 1. The van der Waals surface area contributed by atoms with Crippen molar-refractivity contribution in [2.75, 3.05) is 6.26 Å². The molecule has 0 aliphatic carbocycles. The molecule has 1 aromatic heterocycles. The third-order valence-electron chi connectivity index (χ3n) is 4.70. The minimum Gasteiger partial charge on any atom is -0.264 e. The molecule has 0 radical (unpaired) electrons. The van der Waals surface area contributed by atoms with Crippen LogP contribution in [0.25, 0.3) is 0 Å². The Labute approximate surface area is 179 Å². The molecule has 0 N–H and O–H groups in total. The van der Waals surface area contributed by atoms with Crippen molar-refractivity contribution in [1.82, 2.24) is 4.98 Å². The van der Waals surface area contributed by atoms with Gasteiger partial charge in [-0.15, -0.1) is 0 Å². The molecule has 0 saturated heterocycles. The van der Waals surface area contributed by atoms with Crippen LogP contribution in [0.15, 0.2) is 72.8 Å². The lowest BCUT2D eigenvalue weighted by molar-refractivity contribution is -0.0809. The van der Waals surface area contributed by atoms with Gasteiger partial charge in [0.2, 0.25) is 0 Å². The number of aromatic nitrogens is 1. The van der Waals surface area contributed by atoms with E-state index in [4.69, 9.17) is 4.18 Å². The molecule has 1 atom stereocenters. The molecule has 1 unspecified atom stereocenters. The normalized spacial score (nSPS) is 13.2. The van der Waals surface area contributed by atoms with E-state index in [0.29, 0.717) is 18.5 Å². The Morgan fingerprint density at radius 1 is 0.903 bits per heavy atom. The van der Waals surface area contributed by atoms with Gasteiger partial charge in [-0.1, -0.05) is 60.7 Å². The molecule has 0 fully saturated rings. The SMILES string of the molecule is CS(=O)(=O)OCc1cccc(CCc2ccc(C(F)C(F)(F)c3ccccc3)cc2)n1. The second kappa shape index (κ2) is 9.62. The molecule has 0 amide bonds. The van der Waals surface area contributed by atoms with Gasteiger partial charge in [0.15, 0.2) is 6.17 Å². The van der Waals surface area contributed by atoms with Crippen LogP contribution >= 0.6 is 0 Å². The first-order chi connectivity index (χ1) is 14.6. The zero-order chi connectivity index (χ0) is 22.5. The van der Waals surface area contributed by atoms with Crippen LogP contribution in [0.2, 0.25) is 0 Å². The van der Waals surface area contributed by atoms with Crippen LogP contribution in [0.5, 0.6) is 0 Å². The molecule has 8 heteroatoms. The zero-order valence-electron chi connectivity index (χ0n) is 16.8. The second-order valence-electron chi connectivity index (χ2n) is 7.18. The van der Waals surface area contributed by atoms with Crippen LogP contribution in [0.3, 0.4) is 0 Å². The number of benzene rings is 2. The molecule has 0 spiro atoms. The van der Waals surface area contributed by atoms with Crippen molar-refractivity contribution in [1.29, 1.82) is 0 Å². The molecule has 31 heavy (non-hydrogen) atoms. The Bertz CT molecular complexity index is 1100. The van der Waals surface area contributed by atoms with E-state index in [0.717, 1.165) is 17.5 Å². The Hall–Kier alpha value is -2.71. The van der Waals surface area contributed by atoms with E-state index in [9.17, 15) is 21.6 Å².